The Morgan fingerprint density at radius 1 is 1.45 bits per heavy atom. The van der Waals surface area contributed by atoms with Crippen LogP contribution >= 0.6 is 11.6 Å². The van der Waals surface area contributed by atoms with E-state index < -0.39 is 26.5 Å². The van der Waals surface area contributed by atoms with Crippen LogP contribution in [0.4, 0.5) is 0 Å². The Labute approximate surface area is 123 Å². The molecule has 1 aromatic rings. The Hall–Kier alpha value is -1.11. The molecule has 0 bridgehead atoms. The van der Waals surface area contributed by atoms with E-state index in [4.69, 9.17) is 22.1 Å². The first-order valence-corrected chi connectivity index (χ1v) is 8.17. The lowest BCUT2D eigenvalue weighted by atomic mass is 10.1. The average molecular weight is 318 g/mol. The van der Waals surface area contributed by atoms with Crippen molar-refractivity contribution in [3.8, 4) is 0 Å². The molecule has 0 saturated heterocycles. The predicted molar refractivity (Wildman–Crippen MR) is 75.2 cm³/mol. The van der Waals surface area contributed by atoms with Crippen molar-refractivity contribution in [2.75, 3.05) is 13.2 Å². The van der Waals surface area contributed by atoms with E-state index in [0.717, 1.165) is 0 Å². The molecular weight excluding hydrogens is 302 g/mol. The molecule has 2 N–H and O–H groups in total. The molecule has 1 aliphatic carbocycles. The Balaban J connectivity index is 2.29. The first kappa shape index (κ1) is 15.3. The zero-order chi connectivity index (χ0) is 15.0. The van der Waals surface area contributed by atoms with E-state index in [0.29, 0.717) is 5.02 Å². The fourth-order valence-corrected chi connectivity index (χ4v) is 4.53. The average Bonchev–Trinajstić information content (AvgIpc) is 3.16. The van der Waals surface area contributed by atoms with Gasteiger partial charge in [0.25, 0.3) is 0 Å². The lowest BCUT2D eigenvalue weighted by molar-refractivity contribution is -0.149. The second-order valence-electron chi connectivity index (χ2n) is 4.77. The van der Waals surface area contributed by atoms with Gasteiger partial charge in [-0.15, -0.1) is 0 Å². The Morgan fingerprint density at radius 2 is 2.05 bits per heavy atom. The molecule has 2 atom stereocenters. The van der Waals surface area contributed by atoms with Gasteiger partial charge in [0.1, 0.15) is 0 Å². The summed E-state index contributed by atoms with van der Waals surface area (Å²) in [4.78, 5) is 12.1. The van der Waals surface area contributed by atoms with Crippen molar-refractivity contribution in [3.05, 3.63) is 29.3 Å². The quantitative estimate of drug-likeness (QED) is 0.829. The summed E-state index contributed by atoms with van der Waals surface area (Å²) in [7, 11) is -3.61. The topological polar surface area (TPSA) is 86.5 Å². The van der Waals surface area contributed by atoms with Gasteiger partial charge in [0, 0.05) is 11.6 Å². The smallest absolute Gasteiger partial charge is 0.314 e. The molecule has 0 spiro atoms. The maximum Gasteiger partial charge on any atom is 0.314 e. The van der Waals surface area contributed by atoms with Crippen LogP contribution in [0, 0.1) is 5.41 Å². The number of carbonyl (C=O) groups excluding carboxylic acids is 1. The molecule has 0 aliphatic heterocycles. The fourth-order valence-electron chi connectivity index (χ4n) is 2.25. The summed E-state index contributed by atoms with van der Waals surface area (Å²) in [6, 6.07) is 5.88. The zero-order valence-corrected chi connectivity index (χ0v) is 12.6. The Bertz CT molecular complexity index is 614. The number of hydrogen-bond donors (Lipinski definition) is 1. The highest BCUT2D eigenvalue weighted by Gasteiger charge is 2.66. The number of halogens is 1. The second kappa shape index (κ2) is 5.35. The number of ether oxygens (including phenoxy) is 1. The number of sulfone groups is 1. The van der Waals surface area contributed by atoms with E-state index in [9.17, 15) is 13.2 Å². The van der Waals surface area contributed by atoms with E-state index in [1.807, 2.05) is 0 Å². The summed E-state index contributed by atoms with van der Waals surface area (Å²) in [5, 5.41) is -0.365. The van der Waals surface area contributed by atoms with Crippen LogP contribution < -0.4 is 5.73 Å². The molecular formula is C13H16ClNO4S. The van der Waals surface area contributed by atoms with Crippen LogP contribution in [0.1, 0.15) is 13.3 Å². The summed E-state index contributed by atoms with van der Waals surface area (Å²) >= 11 is 5.74. The van der Waals surface area contributed by atoms with Gasteiger partial charge in [-0.1, -0.05) is 11.6 Å². The van der Waals surface area contributed by atoms with Crippen LogP contribution in [0.25, 0.3) is 0 Å². The molecule has 1 fully saturated rings. The normalized spacial score (nSPS) is 25.2. The highest BCUT2D eigenvalue weighted by atomic mass is 35.5. The SMILES string of the molecule is CCOC(=O)[C@@]1(CN)C[C@H]1S(=O)(=O)c1ccc(Cl)cc1. The largest absolute Gasteiger partial charge is 0.465 e. The van der Waals surface area contributed by atoms with Crippen molar-refractivity contribution < 1.29 is 17.9 Å². The molecule has 0 radical (unpaired) electrons. The highest BCUT2D eigenvalue weighted by molar-refractivity contribution is 7.92. The van der Waals surface area contributed by atoms with Crippen molar-refractivity contribution in [1.29, 1.82) is 0 Å². The number of esters is 1. The highest BCUT2D eigenvalue weighted by Crippen LogP contribution is 2.52. The first-order valence-electron chi connectivity index (χ1n) is 6.25. The number of nitrogens with two attached hydrogens (primary N) is 1. The summed E-state index contributed by atoms with van der Waals surface area (Å²) in [6.07, 6.45) is 0.202. The summed E-state index contributed by atoms with van der Waals surface area (Å²) in [5.74, 6) is -0.537. The number of benzene rings is 1. The van der Waals surface area contributed by atoms with Gasteiger partial charge in [-0.05, 0) is 37.6 Å². The van der Waals surface area contributed by atoms with Crippen LogP contribution in [0.3, 0.4) is 0 Å². The molecule has 0 amide bonds. The second-order valence-corrected chi connectivity index (χ2v) is 7.34. The minimum absolute atomic E-state index is 0.0384. The zero-order valence-electron chi connectivity index (χ0n) is 11.0. The third-order valence-electron chi connectivity index (χ3n) is 3.57. The van der Waals surface area contributed by atoms with Crippen LogP contribution in [0.5, 0.6) is 0 Å². The maximum absolute atomic E-state index is 12.5. The summed E-state index contributed by atoms with van der Waals surface area (Å²) in [6.45, 7) is 1.84. The molecule has 2 rings (SSSR count). The van der Waals surface area contributed by atoms with Crippen LogP contribution in [0.15, 0.2) is 29.2 Å². The Morgan fingerprint density at radius 3 is 2.55 bits per heavy atom. The van der Waals surface area contributed by atoms with Crippen molar-refractivity contribution in [1.82, 2.24) is 0 Å². The van der Waals surface area contributed by atoms with Gasteiger partial charge in [0.15, 0.2) is 9.84 Å². The molecule has 5 nitrogen and oxygen atoms in total. The molecule has 1 saturated carbocycles. The monoisotopic (exact) mass is 317 g/mol. The van der Waals surface area contributed by atoms with Crippen molar-refractivity contribution in [2.24, 2.45) is 11.1 Å². The van der Waals surface area contributed by atoms with E-state index in [1.54, 1.807) is 6.92 Å². The van der Waals surface area contributed by atoms with Crippen LogP contribution in [-0.2, 0) is 19.4 Å². The molecule has 0 heterocycles. The molecule has 110 valence electrons. The third-order valence-corrected chi connectivity index (χ3v) is 6.12. The number of carbonyl (C=O) groups is 1. The van der Waals surface area contributed by atoms with Gasteiger partial charge in [-0.25, -0.2) is 8.42 Å². The maximum atomic E-state index is 12.5. The minimum Gasteiger partial charge on any atom is -0.465 e. The van der Waals surface area contributed by atoms with Crippen LogP contribution in [0.2, 0.25) is 5.02 Å². The first-order chi connectivity index (χ1) is 9.38. The van der Waals surface area contributed by atoms with Gasteiger partial charge >= 0.3 is 5.97 Å². The molecule has 7 heteroatoms. The van der Waals surface area contributed by atoms with E-state index in [1.165, 1.54) is 24.3 Å². The minimum atomic E-state index is -3.61. The number of hydrogen-bond acceptors (Lipinski definition) is 5. The molecule has 20 heavy (non-hydrogen) atoms. The summed E-state index contributed by atoms with van der Waals surface area (Å²) in [5.41, 5.74) is 4.50. The van der Waals surface area contributed by atoms with Crippen molar-refractivity contribution in [2.45, 2.75) is 23.5 Å². The van der Waals surface area contributed by atoms with Crippen molar-refractivity contribution in [3.63, 3.8) is 0 Å². The predicted octanol–water partition coefficient (Wildman–Crippen LogP) is 1.39. The molecule has 1 aromatic carbocycles. The van der Waals surface area contributed by atoms with Gasteiger partial charge < -0.3 is 10.5 Å². The summed E-state index contributed by atoms with van der Waals surface area (Å²) < 4.78 is 29.9. The molecule has 0 aromatic heterocycles. The van der Waals surface area contributed by atoms with E-state index >= 15 is 0 Å². The van der Waals surface area contributed by atoms with Gasteiger partial charge in [-0.3, -0.25) is 4.79 Å². The fraction of sp³-hybridized carbons (Fsp3) is 0.462. The van der Waals surface area contributed by atoms with Crippen molar-refractivity contribution >= 4 is 27.4 Å². The van der Waals surface area contributed by atoms with Gasteiger partial charge in [-0.2, -0.15) is 0 Å². The Kier molecular flexibility index (Phi) is 4.09. The molecule has 0 unspecified atom stereocenters. The molecule has 1 aliphatic rings. The lowest BCUT2D eigenvalue weighted by Crippen LogP contribution is -2.33. The van der Waals surface area contributed by atoms with E-state index in [2.05, 4.69) is 0 Å². The van der Waals surface area contributed by atoms with Crippen LogP contribution in [-0.4, -0.2) is 32.8 Å². The number of rotatable bonds is 5. The lowest BCUT2D eigenvalue weighted by Gasteiger charge is -2.13. The standard InChI is InChI=1S/C13H16ClNO4S/c1-2-19-12(16)13(8-15)7-11(13)20(17,18)10-5-3-9(14)4-6-10/h3-6,11H,2,7-8,15H2,1H3/t11-,13-/m1/s1. The van der Waals surface area contributed by atoms with Gasteiger partial charge in [0.05, 0.1) is 22.2 Å². The third kappa shape index (κ3) is 2.43. The van der Waals surface area contributed by atoms with Gasteiger partial charge in [0.2, 0.25) is 0 Å². The van der Waals surface area contributed by atoms with E-state index in [-0.39, 0.29) is 24.5 Å².